The molecule has 1 aliphatic rings. The van der Waals surface area contributed by atoms with Crippen molar-refractivity contribution < 1.29 is 19.1 Å². The van der Waals surface area contributed by atoms with Crippen LogP contribution in [0, 0.1) is 0 Å². The Kier molecular flexibility index (Phi) is 2.51. The summed E-state index contributed by atoms with van der Waals surface area (Å²) in [5, 5.41) is 0. The minimum absolute atomic E-state index is 0.0208. The van der Waals surface area contributed by atoms with Crippen molar-refractivity contribution in [3.63, 3.8) is 0 Å². The normalized spacial score (nSPS) is 17.3. The Morgan fingerprint density at radius 2 is 1.69 bits per heavy atom. The number of hydrogen-bond donors (Lipinski definition) is 0. The Hall–Kier alpha value is -1.58. The van der Waals surface area contributed by atoms with E-state index in [1.165, 1.54) is 20.3 Å². The molecule has 0 radical (unpaired) electrons. The highest BCUT2D eigenvalue weighted by Gasteiger charge is 2.28. The first-order chi connectivity index (χ1) is 6.11. The largest absolute Gasteiger partial charge is 0.496 e. The highest BCUT2D eigenvalue weighted by molar-refractivity contribution is 6.49. The molecule has 70 valence electrons. The summed E-state index contributed by atoms with van der Waals surface area (Å²) in [6.45, 7) is 1.54. The molecule has 0 aromatic carbocycles. The van der Waals surface area contributed by atoms with Crippen molar-refractivity contribution in [1.29, 1.82) is 0 Å². The lowest BCUT2D eigenvalue weighted by Crippen LogP contribution is -2.23. The number of Topliss-reactive ketones (excluding diaryl/α,β-unsaturated/α-hetero) is 2. The van der Waals surface area contributed by atoms with Gasteiger partial charge in [-0.25, -0.2) is 0 Å². The van der Waals surface area contributed by atoms with Crippen LogP contribution in [-0.4, -0.2) is 25.8 Å². The number of rotatable bonds is 2. The first kappa shape index (κ1) is 9.51. The molecule has 0 spiro atoms. The summed E-state index contributed by atoms with van der Waals surface area (Å²) >= 11 is 0. The zero-order valence-corrected chi connectivity index (χ0v) is 7.71. The summed E-state index contributed by atoms with van der Waals surface area (Å²) in [7, 11) is 2.77. The van der Waals surface area contributed by atoms with Gasteiger partial charge in [-0.05, 0) is 6.92 Å². The van der Waals surface area contributed by atoms with Crippen LogP contribution >= 0.6 is 0 Å². The molecule has 4 nitrogen and oxygen atoms in total. The summed E-state index contributed by atoms with van der Waals surface area (Å²) in [6, 6.07) is 0. The van der Waals surface area contributed by atoms with Crippen molar-refractivity contribution in [2.24, 2.45) is 0 Å². The average Bonchev–Trinajstić information content (AvgIpc) is 2.15. The van der Waals surface area contributed by atoms with Crippen molar-refractivity contribution >= 4 is 11.6 Å². The molecule has 0 saturated carbocycles. The maximum atomic E-state index is 11.3. The van der Waals surface area contributed by atoms with Gasteiger partial charge in [-0.1, -0.05) is 0 Å². The highest BCUT2D eigenvalue weighted by Crippen LogP contribution is 2.18. The summed E-state index contributed by atoms with van der Waals surface area (Å²) < 4.78 is 9.64. The van der Waals surface area contributed by atoms with Crippen LogP contribution in [0.2, 0.25) is 0 Å². The monoisotopic (exact) mass is 182 g/mol. The Bertz CT molecular complexity index is 323. The Labute approximate surface area is 75.8 Å². The van der Waals surface area contributed by atoms with E-state index < -0.39 is 11.6 Å². The van der Waals surface area contributed by atoms with Gasteiger partial charge in [0.1, 0.15) is 5.76 Å². The van der Waals surface area contributed by atoms with Crippen molar-refractivity contribution in [3.05, 3.63) is 23.2 Å². The van der Waals surface area contributed by atoms with Gasteiger partial charge in [0, 0.05) is 11.6 Å². The minimum Gasteiger partial charge on any atom is -0.496 e. The van der Waals surface area contributed by atoms with Gasteiger partial charge in [0.05, 0.1) is 14.2 Å². The van der Waals surface area contributed by atoms with Crippen LogP contribution < -0.4 is 0 Å². The van der Waals surface area contributed by atoms with Crippen molar-refractivity contribution in [1.82, 2.24) is 0 Å². The van der Waals surface area contributed by atoms with Crippen LogP contribution in [0.15, 0.2) is 23.2 Å². The second-order valence-electron chi connectivity index (χ2n) is 2.56. The van der Waals surface area contributed by atoms with Gasteiger partial charge in [0.2, 0.25) is 5.78 Å². The average molecular weight is 182 g/mol. The van der Waals surface area contributed by atoms with E-state index in [0.29, 0.717) is 11.3 Å². The molecule has 0 aromatic rings. The number of methoxy groups -OCH3 is 2. The summed E-state index contributed by atoms with van der Waals surface area (Å²) in [5.41, 5.74) is 0.313. The molecular weight excluding hydrogens is 172 g/mol. The van der Waals surface area contributed by atoms with Crippen molar-refractivity contribution in [2.75, 3.05) is 14.2 Å². The van der Waals surface area contributed by atoms with Crippen LogP contribution in [-0.2, 0) is 19.1 Å². The molecule has 0 amide bonds. The lowest BCUT2D eigenvalue weighted by atomic mass is 10.0. The zero-order valence-electron chi connectivity index (χ0n) is 7.71. The van der Waals surface area contributed by atoms with Crippen LogP contribution in [0.3, 0.4) is 0 Å². The first-order valence-corrected chi connectivity index (χ1v) is 3.71. The summed E-state index contributed by atoms with van der Waals surface area (Å²) in [4.78, 5) is 22.5. The molecule has 1 rings (SSSR count). The molecule has 0 aromatic heterocycles. The predicted octanol–water partition coefficient (Wildman–Crippen LogP) is 0.589. The van der Waals surface area contributed by atoms with E-state index in [9.17, 15) is 9.59 Å². The minimum atomic E-state index is -0.624. The van der Waals surface area contributed by atoms with Gasteiger partial charge in [0.25, 0.3) is 5.78 Å². The standard InChI is InChI=1S/C9H10O4/c1-5-6(12-2)4-7(13-3)9(11)8(5)10/h4H,1-3H3. The number of ketones is 2. The van der Waals surface area contributed by atoms with Crippen LogP contribution in [0.25, 0.3) is 0 Å². The van der Waals surface area contributed by atoms with Gasteiger partial charge in [-0.2, -0.15) is 0 Å². The number of allylic oxidation sites excluding steroid dienone is 3. The van der Waals surface area contributed by atoms with Crippen molar-refractivity contribution in [2.45, 2.75) is 6.92 Å². The predicted molar refractivity (Wildman–Crippen MR) is 44.8 cm³/mol. The van der Waals surface area contributed by atoms with E-state index in [2.05, 4.69) is 0 Å². The van der Waals surface area contributed by atoms with Gasteiger partial charge >= 0.3 is 0 Å². The van der Waals surface area contributed by atoms with E-state index >= 15 is 0 Å². The lowest BCUT2D eigenvalue weighted by Gasteiger charge is -2.13. The first-order valence-electron chi connectivity index (χ1n) is 3.71. The second-order valence-corrected chi connectivity index (χ2v) is 2.56. The number of hydrogen-bond acceptors (Lipinski definition) is 4. The van der Waals surface area contributed by atoms with E-state index in [4.69, 9.17) is 9.47 Å². The molecule has 0 unspecified atom stereocenters. The SMILES string of the molecule is COC1=CC(OC)=C(C)C(=O)C1=O. The quantitative estimate of drug-likeness (QED) is 0.463. The maximum absolute atomic E-state index is 11.3. The molecular formula is C9H10O4. The fourth-order valence-electron chi connectivity index (χ4n) is 1.05. The molecule has 0 saturated heterocycles. The fraction of sp³-hybridized carbons (Fsp3) is 0.333. The summed E-state index contributed by atoms with van der Waals surface area (Å²) in [5.74, 6) is -0.800. The molecule has 0 N–H and O–H groups in total. The van der Waals surface area contributed by atoms with Gasteiger partial charge < -0.3 is 9.47 Å². The fourth-order valence-corrected chi connectivity index (χ4v) is 1.05. The van der Waals surface area contributed by atoms with E-state index in [-0.39, 0.29) is 5.76 Å². The molecule has 4 heteroatoms. The molecule has 0 bridgehead atoms. The Morgan fingerprint density at radius 1 is 1.08 bits per heavy atom. The van der Waals surface area contributed by atoms with E-state index in [1.54, 1.807) is 6.92 Å². The maximum Gasteiger partial charge on any atom is 0.267 e. The topological polar surface area (TPSA) is 52.6 Å². The molecule has 0 fully saturated rings. The molecule has 0 aliphatic heterocycles. The molecule has 1 aliphatic carbocycles. The van der Waals surface area contributed by atoms with E-state index in [1.807, 2.05) is 0 Å². The second kappa shape index (κ2) is 3.43. The molecule has 0 heterocycles. The third-order valence-corrected chi connectivity index (χ3v) is 1.84. The number of ether oxygens (including phenoxy) is 2. The van der Waals surface area contributed by atoms with Crippen LogP contribution in [0.5, 0.6) is 0 Å². The Morgan fingerprint density at radius 3 is 2.15 bits per heavy atom. The number of carbonyl (C=O) groups is 2. The van der Waals surface area contributed by atoms with Gasteiger partial charge in [-0.15, -0.1) is 0 Å². The lowest BCUT2D eigenvalue weighted by molar-refractivity contribution is -0.134. The molecule has 13 heavy (non-hydrogen) atoms. The van der Waals surface area contributed by atoms with E-state index in [0.717, 1.165) is 0 Å². The smallest absolute Gasteiger partial charge is 0.267 e. The van der Waals surface area contributed by atoms with Crippen LogP contribution in [0.4, 0.5) is 0 Å². The van der Waals surface area contributed by atoms with Crippen molar-refractivity contribution in [3.8, 4) is 0 Å². The van der Waals surface area contributed by atoms with Gasteiger partial charge in [-0.3, -0.25) is 9.59 Å². The number of carbonyl (C=O) groups excluding carboxylic acids is 2. The van der Waals surface area contributed by atoms with Gasteiger partial charge in [0.15, 0.2) is 5.76 Å². The zero-order chi connectivity index (χ0) is 10.0. The van der Waals surface area contributed by atoms with Crippen LogP contribution in [0.1, 0.15) is 6.92 Å². The highest BCUT2D eigenvalue weighted by atomic mass is 16.5. The third kappa shape index (κ3) is 1.47. The Balaban J connectivity index is 3.17. The third-order valence-electron chi connectivity index (χ3n) is 1.84. The molecule has 0 atom stereocenters. The summed E-state index contributed by atoms with van der Waals surface area (Å²) in [6.07, 6.45) is 1.42.